The molecule has 0 aliphatic carbocycles. The molecule has 1 aliphatic rings. The van der Waals surface area contributed by atoms with E-state index in [1.165, 1.54) is 31.5 Å². The van der Waals surface area contributed by atoms with Crippen molar-refractivity contribution in [2.75, 3.05) is 18.4 Å². The summed E-state index contributed by atoms with van der Waals surface area (Å²) in [4.78, 5) is 4.71. The Kier molecular flexibility index (Phi) is 5.00. The topological polar surface area (TPSA) is 37.0 Å². The second-order valence-electron chi connectivity index (χ2n) is 5.56. The Hall–Kier alpha value is -1.09. The minimum atomic E-state index is 0.440. The zero-order valence-electron chi connectivity index (χ0n) is 11.6. The summed E-state index contributed by atoms with van der Waals surface area (Å²) < 4.78 is 0. The van der Waals surface area contributed by atoms with Gasteiger partial charge in [-0.15, -0.1) is 0 Å². The molecule has 3 heteroatoms. The normalized spacial score (nSPS) is 20.7. The van der Waals surface area contributed by atoms with Crippen LogP contribution < -0.4 is 10.6 Å². The first-order valence-electron chi connectivity index (χ1n) is 7.17. The standard InChI is InChI=1S/C15H25N3/c1-12(2)17-15-7-3-6-14(18-15)11-13-5-4-9-16-10-8-13/h3,6-7,12-13,16H,4-5,8-11H2,1-2H3,(H,17,18). The van der Waals surface area contributed by atoms with Crippen LogP contribution in [0.15, 0.2) is 18.2 Å². The third kappa shape index (κ3) is 4.30. The molecule has 1 aliphatic heterocycles. The van der Waals surface area contributed by atoms with Crippen molar-refractivity contribution in [3.63, 3.8) is 0 Å². The van der Waals surface area contributed by atoms with E-state index in [1.807, 2.05) is 0 Å². The number of rotatable bonds is 4. The van der Waals surface area contributed by atoms with E-state index in [9.17, 15) is 0 Å². The summed E-state index contributed by atoms with van der Waals surface area (Å²) in [5.41, 5.74) is 1.23. The molecule has 0 amide bonds. The monoisotopic (exact) mass is 247 g/mol. The van der Waals surface area contributed by atoms with Crippen LogP contribution in [0.1, 0.15) is 38.8 Å². The summed E-state index contributed by atoms with van der Waals surface area (Å²) >= 11 is 0. The van der Waals surface area contributed by atoms with Crippen LogP contribution in [-0.4, -0.2) is 24.1 Å². The molecule has 0 radical (unpaired) electrons. The van der Waals surface area contributed by atoms with E-state index in [2.05, 4.69) is 42.7 Å². The van der Waals surface area contributed by atoms with Crippen LogP contribution in [0.5, 0.6) is 0 Å². The lowest BCUT2D eigenvalue weighted by molar-refractivity contribution is 0.465. The molecule has 0 aromatic carbocycles. The average Bonchev–Trinajstić information content (AvgIpc) is 2.57. The molecule has 0 saturated carbocycles. The number of pyridine rings is 1. The van der Waals surface area contributed by atoms with Crippen molar-refractivity contribution < 1.29 is 0 Å². The third-order valence-corrected chi connectivity index (χ3v) is 3.44. The quantitative estimate of drug-likeness (QED) is 0.859. The fourth-order valence-electron chi connectivity index (χ4n) is 2.56. The summed E-state index contributed by atoms with van der Waals surface area (Å²) in [6.07, 6.45) is 5.03. The second kappa shape index (κ2) is 6.74. The van der Waals surface area contributed by atoms with Gasteiger partial charge in [-0.05, 0) is 70.7 Å². The van der Waals surface area contributed by atoms with E-state index in [1.54, 1.807) is 0 Å². The highest BCUT2D eigenvalue weighted by molar-refractivity contribution is 5.36. The fraction of sp³-hybridized carbons (Fsp3) is 0.667. The number of hydrogen-bond acceptors (Lipinski definition) is 3. The largest absolute Gasteiger partial charge is 0.368 e. The molecular weight excluding hydrogens is 222 g/mol. The molecule has 0 bridgehead atoms. The zero-order chi connectivity index (χ0) is 12.8. The molecule has 2 N–H and O–H groups in total. The van der Waals surface area contributed by atoms with Crippen LogP contribution in [0.4, 0.5) is 5.82 Å². The van der Waals surface area contributed by atoms with Gasteiger partial charge in [0, 0.05) is 11.7 Å². The van der Waals surface area contributed by atoms with Crippen molar-refractivity contribution in [1.29, 1.82) is 0 Å². The zero-order valence-corrected chi connectivity index (χ0v) is 11.6. The highest BCUT2D eigenvalue weighted by atomic mass is 15.0. The van der Waals surface area contributed by atoms with Crippen LogP contribution in [-0.2, 0) is 6.42 Å². The maximum atomic E-state index is 4.71. The first-order chi connectivity index (χ1) is 8.74. The molecule has 1 saturated heterocycles. The Morgan fingerprint density at radius 2 is 2.22 bits per heavy atom. The Bertz CT molecular complexity index is 355. The molecule has 2 heterocycles. The van der Waals surface area contributed by atoms with Crippen LogP contribution in [0.25, 0.3) is 0 Å². The van der Waals surface area contributed by atoms with Crippen molar-refractivity contribution in [2.24, 2.45) is 5.92 Å². The van der Waals surface area contributed by atoms with E-state index in [0.717, 1.165) is 24.7 Å². The Morgan fingerprint density at radius 3 is 3.06 bits per heavy atom. The van der Waals surface area contributed by atoms with Crippen LogP contribution in [0.2, 0.25) is 0 Å². The predicted molar refractivity (Wildman–Crippen MR) is 76.9 cm³/mol. The number of nitrogens with one attached hydrogen (secondary N) is 2. The Balaban J connectivity index is 1.95. The highest BCUT2D eigenvalue weighted by Gasteiger charge is 2.13. The summed E-state index contributed by atoms with van der Waals surface area (Å²) in [5, 5.41) is 6.84. The smallest absolute Gasteiger partial charge is 0.126 e. The van der Waals surface area contributed by atoms with Gasteiger partial charge in [0.15, 0.2) is 0 Å². The molecule has 1 unspecified atom stereocenters. The third-order valence-electron chi connectivity index (χ3n) is 3.44. The van der Waals surface area contributed by atoms with Gasteiger partial charge in [-0.25, -0.2) is 4.98 Å². The summed E-state index contributed by atoms with van der Waals surface area (Å²) in [5.74, 6) is 1.80. The van der Waals surface area contributed by atoms with Crippen molar-refractivity contribution in [2.45, 2.75) is 45.6 Å². The molecule has 100 valence electrons. The van der Waals surface area contributed by atoms with Gasteiger partial charge in [0.25, 0.3) is 0 Å². The fourth-order valence-corrected chi connectivity index (χ4v) is 2.56. The van der Waals surface area contributed by atoms with Crippen molar-refractivity contribution in [3.05, 3.63) is 23.9 Å². The highest BCUT2D eigenvalue weighted by Crippen LogP contribution is 2.19. The molecule has 0 spiro atoms. The van der Waals surface area contributed by atoms with Crippen molar-refractivity contribution >= 4 is 5.82 Å². The lowest BCUT2D eigenvalue weighted by atomic mass is 9.95. The van der Waals surface area contributed by atoms with Gasteiger partial charge in [-0.3, -0.25) is 0 Å². The van der Waals surface area contributed by atoms with Crippen molar-refractivity contribution in [1.82, 2.24) is 10.3 Å². The van der Waals surface area contributed by atoms with Gasteiger partial charge in [0.1, 0.15) is 5.82 Å². The van der Waals surface area contributed by atoms with E-state index < -0.39 is 0 Å². The average molecular weight is 247 g/mol. The predicted octanol–water partition coefficient (Wildman–Crippen LogP) is 2.83. The van der Waals surface area contributed by atoms with E-state index in [4.69, 9.17) is 4.98 Å². The minimum absolute atomic E-state index is 0.440. The molecule has 3 nitrogen and oxygen atoms in total. The first kappa shape index (κ1) is 13.3. The van der Waals surface area contributed by atoms with Crippen LogP contribution in [0.3, 0.4) is 0 Å². The van der Waals surface area contributed by atoms with Gasteiger partial charge >= 0.3 is 0 Å². The van der Waals surface area contributed by atoms with Crippen molar-refractivity contribution in [3.8, 4) is 0 Å². The maximum absolute atomic E-state index is 4.71. The van der Waals surface area contributed by atoms with Crippen LogP contribution in [0, 0.1) is 5.92 Å². The molecular formula is C15H25N3. The summed E-state index contributed by atoms with van der Waals surface area (Å²) in [6.45, 7) is 6.63. The SMILES string of the molecule is CC(C)Nc1cccc(CC2CCCNCC2)n1. The number of nitrogens with zero attached hydrogens (tertiary/aromatic N) is 1. The summed E-state index contributed by atoms with van der Waals surface area (Å²) in [6, 6.07) is 6.76. The van der Waals surface area contributed by atoms with Gasteiger partial charge in [0.2, 0.25) is 0 Å². The van der Waals surface area contributed by atoms with Crippen LogP contribution >= 0.6 is 0 Å². The minimum Gasteiger partial charge on any atom is -0.368 e. The molecule has 2 rings (SSSR count). The molecule has 18 heavy (non-hydrogen) atoms. The maximum Gasteiger partial charge on any atom is 0.126 e. The molecule has 1 aromatic heterocycles. The van der Waals surface area contributed by atoms with Gasteiger partial charge in [-0.1, -0.05) is 6.07 Å². The van der Waals surface area contributed by atoms with Gasteiger partial charge in [0.05, 0.1) is 0 Å². The second-order valence-corrected chi connectivity index (χ2v) is 5.56. The number of aromatic nitrogens is 1. The van der Waals surface area contributed by atoms with E-state index in [0.29, 0.717) is 6.04 Å². The van der Waals surface area contributed by atoms with Gasteiger partial charge in [-0.2, -0.15) is 0 Å². The lowest BCUT2D eigenvalue weighted by Crippen LogP contribution is -2.15. The first-order valence-corrected chi connectivity index (χ1v) is 7.17. The van der Waals surface area contributed by atoms with E-state index >= 15 is 0 Å². The summed E-state index contributed by atoms with van der Waals surface area (Å²) in [7, 11) is 0. The van der Waals surface area contributed by atoms with E-state index in [-0.39, 0.29) is 0 Å². The number of hydrogen-bond donors (Lipinski definition) is 2. The number of anilines is 1. The van der Waals surface area contributed by atoms with Gasteiger partial charge < -0.3 is 10.6 Å². The Labute approximate surface area is 110 Å². The molecule has 1 aromatic rings. The lowest BCUT2D eigenvalue weighted by Gasteiger charge is -2.14. The Morgan fingerprint density at radius 1 is 1.33 bits per heavy atom. The molecule has 1 fully saturated rings. The molecule has 1 atom stereocenters.